The molecule has 0 bridgehead atoms. The number of amides is 1. The highest BCUT2D eigenvalue weighted by Gasteiger charge is 2.38. The van der Waals surface area contributed by atoms with E-state index in [0.717, 1.165) is 0 Å². The summed E-state index contributed by atoms with van der Waals surface area (Å²) < 4.78 is 13.6. The zero-order valence-corrected chi connectivity index (χ0v) is 14.2. The maximum absolute atomic E-state index is 13.6. The summed E-state index contributed by atoms with van der Waals surface area (Å²) in [4.78, 5) is 18.6. The first-order valence-electron chi connectivity index (χ1n) is 7.41. The van der Waals surface area contributed by atoms with Crippen LogP contribution in [0.25, 0.3) is 0 Å². The van der Waals surface area contributed by atoms with Crippen LogP contribution in [0.3, 0.4) is 0 Å². The summed E-state index contributed by atoms with van der Waals surface area (Å²) in [5.41, 5.74) is 4.23. The lowest BCUT2D eigenvalue weighted by Crippen LogP contribution is -2.60. The molecule has 1 unspecified atom stereocenters. The second-order valence-electron chi connectivity index (χ2n) is 5.50. The van der Waals surface area contributed by atoms with Crippen molar-refractivity contribution < 1.29 is 9.18 Å². The van der Waals surface area contributed by atoms with Gasteiger partial charge in [-0.3, -0.25) is 19.7 Å². The van der Waals surface area contributed by atoms with Crippen molar-refractivity contribution in [2.24, 2.45) is 4.99 Å². The van der Waals surface area contributed by atoms with Crippen molar-refractivity contribution in [1.82, 2.24) is 10.4 Å². The number of anilines is 2. The molecule has 4 rings (SSSR count). The van der Waals surface area contributed by atoms with Gasteiger partial charge in [0.25, 0.3) is 5.91 Å². The maximum atomic E-state index is 13.6. The lowest BCUT2D eigenvalue weighted by atomic mass is 10.1. The normalized spacial score (nSPS) is 19.2. The van der Waals surface area contributed by atoms with Crippen molar-refractivity contribution in [2.45, 2.75) is 6.29 Å². The molecule has 128 valence electrons. The number of hydrogen-bond donors (Lipinski definition) is 2. The van der Waals surface area contributed by atoms with Crippen LogP contribution in [0.4, 0.5) is 15.8 Å². The standard InChI is InChI=1S/C16H12Cl2FN5O/c17-9-1-4-14(12(18)5-9)24-15(25)11-6-10(19)2-3-13(11)22-16(24)23-8-20-7-21-23/h1-6,8,16,21-22H,7H2. The van der Waals surface area contributed by atoms with Gasteiger partial charge < -0.3 is 5.32 Å². The van der Waals surface area contributed by atoms with E-state index in [1.165, 1.54) is 23.1 Å². The lowest BCUT2D eigenvalue weighted by molar-refractivity contribution is 0.0945. The van der Waals surface area contributed by atoms with E-state index in [4.69, 9.17) is 23.2 Å². The third-order valence-electron chi connectivity index (χ3n) is 3.94. The molecule has 0 aliphatic carbocycles. The van der Waals surface area contributed by atoms with E-state index < -0.39 is 12.1 Å². The fourth-order valence-electron chi connectivity index (χ4n) is 2.82. The number of fused-ring (bicyclic) bond motifs is 1. The molecule has 0 saturated carbocycles. The Morgan fingerprint density at radius 1 is 1.20 bits per heavy atom. The molecule has 2 N–H and O–H groups in total. The first-order valence-corrected chi connectivity index (χ1v) is 8.17. The van der Waals surface area contributed by atoms with E-state index in [2.05, 4.69) is 15.7 Å². The number of rotatable bonds is 2. The summed E-state index contributed by atoms with van der Waals surface area (Å²) in [5, 5.41) is 5.62. The Balaban J connectivity index is 1.85. The van der Waals surface area contributed by atoms with Gasteiger partial charge in [-0.05, 0) is 36.4 Å². The molecular weight excluding hydrogens is 368 g/mol. The highest BCUT2D eigenvalue weighted by Crippen LogP contribution is 2.36. The Hall–Kier alpha value is -2.35. The van der Waals surface area contributed by atoms with Crippen LogP contribution >= 0.6 is 23.2 Å². The van der Waals surface area contributed by atoms with Crippen molar-refractivity contribution in [3.8, 4) is 0 Å². The van der Waals surface area contributed by atoms with E-state index in [1.54, 1.807) is 29.5 Å². The molecule has 2 aromatic rings. The molecule has 2 aromatic carbocycles. The van der Waals surface area contributed by atoms with Gasteiger partial charge in [0, 0.05) is 5.02 Å². The second kappa shape index (κ2) is 6.18. The van der Waals surface area contributed by atoms with Crippen molar-refractivity contribution >= 4 is 46.8 Å². The first-order chi connectivity index (χ1) is 12.0. The van der Waals surface area contributed by atoms with E-state index in [1.807, 2.05) is 0 Å². The van der Waals surface area contributed by atoms with Crippen molar-refractivity contribution in [1.29, 1.82) is 0 Å². The van der Waals surface area contributed by atoms with E-state index in [0.29, 0.717) is 28.1 Å². The molecule has 9 heteroatoms. The number of hydrazine groups is 1. The molecule has 25 heavy (non-hydrogen) atoms. The molecule has 6 nitrogen and oxygen atoms in total. The molecule has 2 aliphatic rings. The number of benzene rings is 2. The number of aliphatic imine (C=N–C) groups is 1. The van der Waals surface area contributed by atoms with Gasteiger partial charge in [0.1, 0.15) is 18.8 Å². The van der Waals surface area contributed by atoms with Crippen LogP contribution in [0.5, 0.6) is 0 Å². The number of halogens is 3. The average molecular weight is 380 g/mol. The predicted molar refractivity (Wildman–Crippen MR) is 95.4 cm³/mol. The van der Waals surface area contributed by atoms with Gasteiger partial charge in [-0.15, -0.1) is 0 Å². The molecule has 0 aromatic heterocycles. The van der Waals surface area contributed by atoms with Crippen molar-refractivity contribution in [3.63, 3.8) is 0 Å². The highest BCUT2D eigenvalue weighted by molar-refractivity contribution is 6.37. The maximum Gasteiger partial charge on any atom is 0.263 e. The third kappa shape index (κ3) is 2.80. The van der Waals surface area contributed by atoms with Gasteiger partial charge in [0.05, 0.1) is 22.0 Å². The minimum Gasteiger partial charge on any atom is -0.346 e. The molecule has 1 atom stereocenters. The summed E-state index contributed by atoms with van der Waals surface area (Å²) in [5.74, 6) is -0.875. The second-order valence-corrected chi connectivity index (χ2v) is 6.34. The first kappa shape index (κ1) is 16.1. The van der Waals surface area contributed by atoms with E-state index in [9.17, 15) is 9.18 Å². The van der Waals surface area contributed by atoms with Gasteiger partial charge >= 0.3 is 0 Å². The molecule has 0 radical (unpaired) electrons. The minimum atomic E-state index is -0.629. The number of nitrogens with one attached hydrogen (secondary N) is 2. The van der Waals surface area contributed by atoms with Crippen LogP contribution in [0, 0.1) is 5.82 Å². The number of carbonyl (C=O) groups excluding carboxylic acids is 1. The van der Waals surface area contributed by atoms with E-state index in [-0.39, 0.29) is 11.5 Å². The van der Waals surface area contributed by atoms with Gasteiger partial charge in [0.15, 0.2) is 6.29 Å². The Morgan fingerprint density at radius 2 is 2.04 bits per heavy atom. The topological polar surface area (TPSA) is 60.0 Å². The smallest absolute Gasteiger partial charge is 0.263 e. The monoisotopic (exact) mass is 379 g/mol. The SMILES string of the molecule is O=C1c2cc(F)ccc2NC(N2C=NCN2)N1c1ccc(Cl)cc1Cl. The van der Waals surface area contributed by atoms with Crippen LogP contribution in [-0.4, -0.2) is 30.2 Å². The number of nitrogens with zero attached hydrogens (tertiary/aromatic N) is 3. The summed E-state index contributed by atoms with van der Waals surface area (Å²) in [6, 6.07) is 8.86. The Kier molecular flexibility index (Phi) is 3.99. The zero-order chi connectivity index (χ0) is 17.6. The molecule has 0 spiro atoms. The predicted octanol–water partition coefficient (Wildman–Crippen LogP) is 3.29. The van der Waals surface area contributed by atoms with Crippen LogP contribution in [-0.2, 0) is 0 Å². The van der Waals surface area contributed by atoms with Crippen LogP contribution in [0.1, 0.15) is 10.4 Å². The van der Waals surface area contributed by atoms with E-state index >= 15 is 0 Å². The van der Waals surface area contributed by atoms with Crippen molar-refractivity contribution in [3.05, 3.63) is 57.8 Å². The molecule has 2 heterocycles. The van der Waals surface area contributed by atoms with Crippen LogP contribution in [0.15, 0.2) is 41.4 Å². The zero-order valence-electron chi connectivity index (χ0n) is 12.7. The quantitative estimate of drug-likeness (QED) is 0.840. The van der Waals surface area contributed by atoms with Crippen molar-refractivity contribution in [2.75, 3.05) is 16.9 Å². The molecule has 1 amide bonds. The van der Waals surface area contributed by atoms with Gasteiger partial charge in [-0.1, -0.05) is 23.2 Å². The van der Waals surface area contributed by atoms with Gasteiger partial charge in [0.2, 0.25) is 0 Å². The largest absolute Gasteiger partial charge is 0.346 e. The van der Waals surface area contributed by atoms with Gasteiger partial charge in [-0.25, -0.2) is 9.82 Å². The summed E-state index contributed by atoms with van der Waals surface area (Å²) in [7, 11) is 0. The Morgan fingerprint density at radius 3 is 2.76 bits per heavy atom. The van der Waals surface area contributed by atoms with Crippen LogP contribution in [0.2, 0.25) is 10.0 Å². The average Bonchev–Trinajstić information content (AvgIpc) is 3.11. The third-order valence-corrected chi connectivity index (χ3v) is 4.48. The Labute approximate surface area is 152 Å². The highest BCUT2D eigenvalue weighted by atomic mass is 35.5. The molecule has 0 saturated heterocycles. The fraction of sp³-hybridized carbons (Fsp3) is 0.125. The number of hydrogen-bond acceptors (Lipinski definition) is 5. The summed E-state index contributed by atoms with van der Waals surface area (Å²) in [6.07, 6.45) is 0.950. The van der Waals surface area contributed by atoms with Crippen LogP contribution < -0.4 is 15.6 Å². The Bertz CT molecular complexity index is 891. The number of carbonyl (C=O) groups is 1. The molecule has 0 fully saturated rings. The molecular formula is C16H12Cl2FN5O. The summed E-state index contributed by atoms with van der Waals surface area (Å²) in [6.45, 7) is 0.394. The lowest BCUT2D eigenvalue weighted by Gasteiger charge is -2.41. The molecule has 2 aliphatic heterocycles. The minimum absolute atomic E-state index is 0.221. The van der Waals surface area contributed by atoms with Gasteiger partial charge in [-0.2, -0.15) is 0 Å². The summed E-state index contributed by atoms with van der Waals surface area (Å²) >= 11 is 12.3. The fourth-order valence-corrected chi connectivity index (χ4v) is 3.32.